The van der Waals surface area contributed by atoms with Crippen molar-refractivity contribution in [1.29, 1.82) is 0 Å². The highest BCUT2D eigenvalue weighted by Crippen LogP contribution is 2.33. The van der Waals surface area contributed by atoms with E-state index in [2.05, 4.69) is 10.6 Å². The summed E-state index contributed by atoms with van der Waals surface area (Å²) < 4.78 is 38.3. The molecule has 0 unspecified atom stereocenters. The lowest BCUT2D eigenvalue weighted by molar-refractivity contribution is -0.137. The van der Waals surface area contributed by atoms with E-state index in [0.29, 0.717) is 5.69 Å². The van der Waals surface area contributed by atoms with Gasteiger partial charge in [-0.3, -0.25) is 0 Å². The number of para-hydroxylation sites is 1. The molecule has 3 aromatic rings. The van der Waals surface area contributed by atoms with Crippen LogP contribution in [0.2, 0.25) is 0 Å². The monoisotopic (exact) mass is 388 g/mol. The van der Waals surface area contributed by atoms with Crippen molar-refractivity contribution < 1.29 is 18.0 Å². The molecule has 3 rings (SSSR count). The number of amides is 2. The van der Waals surface area contributed by atoms with Gasteiger partial charge in [-0.05, 0) is 42.5 Å². The highest BCUT2D eigenvalue weighted by molar-refractivity contribution is 7.99. The van der Waals surface area contributed by atoms with Crippen molar-refractivity contribution in [2.75, 3.05) is 10.6 Å². The van der Waals surface area contributed by atoms with Gasteiger partial charge in [0.1, 0.15) is 0 Å². The molecule has 3 nitrogen and oxygen atoms in total. The standard InChI is InChI=1S/C20H15F3N2OS/c21-20(22,23)14-7-6-8-15(13-14)24-19(26)25-17-11-4-5-12-18(17)27-16-9-2-1-3-10-16/h1-13H,(H2,24,25,26). The Morgan fingerprint density at radius 2 is 1.52 bits per heavy atom. The van der Waals surface area contributed by atoms with Crippen LogP contribution in [0.3, 0.4) is 0 Å². The summed E-state index contributed by atoms with van der Waals surface area (Å²) in [6, 6.07) is 20.7. The number of alkyl halides is 3. The first-order valence-corrected chi connectivity index (χ1v) is 8.81. The van der Waals surface area contributed by atoms with Crippen LogP contribution in [-0.2, 0) is 6.18 Å². The summed E-state index contributed by atoms with van der Waals surface area (Å²) in [4.78, 5) is 14.1. The molecule has 0 atom stereocenters. The summed E-state index contributed by atoms with van der Waals surface area (Å²) >= 11 is 1.48. The van der Waals surface area contributed by atoms with Crippen LogP contribution in [-0.4, -0.2) is 6.03 Å². The van der Waals surface area contributed by atoms with E-state index in [0.717, 1.165) is 21.9 Å². The summed E-state index contributed by atoms with van der Waals surface area (Å²) in [7, 11) is 0. The van der Waals surface area contributed by atoms with Crippen molar-refractivity contribution in [1.82, 2.24) is 0 Å². The lowest BCUT2D eigenvalue weighted by atomic mass is 10.2. The van der Waals surface area contributed by atoms with Gasteiger partial charge in [0.15, 0.2) is 0 Å². The minimum atomic E-state index is -4.47. The Morgan fingerprint density at radius 1 is 0.815 bits per heavy atom. The second-order valence-electron chi connectivity index (χ2n) is 5.57. The van der Waals surface area contributed by atoms with Crippen molar-refractivity contribution in [2.45, 2.75) is 16.0 Å². The van der Waals surface area contributed by atoms with E-state index in [9.17, 15) is 18.0 Å². The number of urea groups is 1. The number of carbonyl (C=O) groups is 1. The maximum atomic E-state index is 12.8. The van der Waals surface area contributed by atoms with E-state index in [4.69, 9.17) is 0 Å². The molecule has 3 aromatic carbocycles. The van der Waals surface area contributed by atoms with Gasteiger partial charge in [0.2, 0.25) is 0 Å². The number of hydrogen-bond acceptors (Lipinski definition) is 2. The lowest BCUT2D eigenvalue weighted by Crippen LogP contribution is -2.20. The molecular weight excluding hydrogens is 373 g/mol. The maximum absolute atomic E-state index is 12.8. The number of anilines is 2. The number of benzene rings is 3. The Hall–Kier alpha value is -2.93. The fraction of sp³-hybridized carbons (Fsp3) is 0.0500. The van der Waals surface area contributed by atoms with Gasteiger partial charge in [-0.25, -0.2) is 4.79 Å². The van der Waals surface area contributed by atoms with Gasteiger partial charge in [-0.1, -0.05) is 48.2 Å². The normalized spacial score (nSPS) is 11.1. The first kappa shape index (κ1) is 18.8. The van der Waals surface area contributed by atoms with Crippen LogP contribution in [0.25, 0.3) is 0 Å². The zero-order valence-electron chi connectivity index (χ0n) is 14.0. The molecular formula is C20H15F3N2OS. The number of hydrogen-bond donors (Lipinski definition) is 2. The lowest BCUT2D eigenvalue weighted by Gasteiger charge is -2.13. The van der Waals surface area contributed by atoms with E-state index in [1.807, 2.05) is 42.5 Å². The van der Waals surface area contributed by atoms with Crippen molar-refractivity contribution in [3.63, 3.8) is 0 Å². The molecule has 0 saturated heterocycles. The molecule has 0 radical (unpaired) electrons. The first-order valence-electron chi connectivity index (χ1n) is 7.99. The zero-order chi connectivity index (χ0) is 19.3. The number of halogens is 3. The quantitative estimate of drug-likeness (QED) is 0.536. The molecule has 0 spiro atoms. The molecule has 0 aliphatic heterocycles. The summed E-state index contributed by atoms with van der Waals surface area (Å²) in [5.41, 5.74) is -0.188. The van der Waals surface area contributed by atoms with Crippen molar-refractivity contribution >= 4 is 29.2 Å². The highest BCUT2D eigenvalue weighted by Gasteiger charge is 2.30. The summed E-state index contributed by atoms with van der Waals surface area (Å²) in [6.07, 6.45) is -4.47. The van der Waals surface area contributed by atoms with Gasteiger partial charge in [0, 0.05) is 15.5 Å². The topological polar surface area (TPSA) is 41.1 Å². The molecule has 0 aromatic heterocycles. The Bertz CT molecular complexity index is 930. The molecule has 2 amide bonds. The molecule has 0 heterocycles. The van der Waals surface area contributed by atoms with Crippen LogP contribution in [0.4, 0.5) is 29.3 Å². The predicted octanol–water partition coefficient (Wildman–Crippen LogP) is 6.50. The molecule has 0 bridgehead atoms. The molecule has 2 N–H and O–H groups in total. The van der Waals surface area contributed by atoms with Gasteiger partial charge in [-0.15, -0.1) is 0 Å². The smallest absolute Gasteiger partial charge is 0.308 e. The van der Waals surface area contributed by atoms with Crippen LogP contribution in [0, 0.1) is 0 Å². The van der Waals surface area contributed by atoms with E-state index >= 15 is 0 Å². The van der Waals surface area contributed by atoms with Crippen LogP contribution >= 0.6 is 11.8 Å². The van der Waals surface area contributed by atoms with Crippen LogP contribution in [0.5, 0.6) is 0 Å². The van der Waals surface area contributed by atoms with Gasteiger partial charge >= 0.3 is 12.2 Å². The third kappa shape index (κ3) is 5.27. The van der Waals surface area contributed by atoms with E-state index in [1.54, 1.807) is 12.1 Å². The SMILES string of the molecule is O=C(Nc1cccc(C(F)(F)F)c1)Nc1ccccc1Sc1ccccc1. The van der Waals surface area contributed by atoms with E-state index < -0.39 is 17.8 Å². The second-order valence-corrected chi connectivity index (χ2v) is 6.68. The van der Waals surface area contributed by atoms with Gasteiger partial charge in [-0.2, -0.15) is 13.2 Å². The molecule has 27 heavy (non-hydrogen) atoms. The highest BCUT2D eigenvalue weighted by atomic mass is 32.2. The van der Waals surface area contributed by atoms with E-state index in [1.165, 1.54) is 23.9 Å². The molecule has 7 heteroatoms. The fourth-order valence-corrected chi connectivity index (χ4v) is 3.26. The molecule has 0 aliphatic rings. The maximum Gasteiger partial charge on any atom is 0.416 e. The zero-order valence-corrected chi connectivity index (χ0v) is 14.8. The van der Waals surface area contributed by atoms with Gasteiger partial charge < -0.3 is 10.6 Å². The summed E-state index contributed by atoms with van der Waals surface area (Å²) in [6.45, 7) is 0. The van der Waals surface area contributed by atoms with Gasteiger partial charge in [0.25, 0.3) is 0 Å². The fourth-order valence-electron chi connectivity index (χ4n) is 2.33. The molecule has 138 valence electrons. The first-order chi connectivity index (χ1) is 12.9. The third-order valence-corrected chi connectivity index (χ3v) is 4.64. The second kappa shape index (κ2) is 8.18. The minimum absolute atomic E-state index is 0.0653. The number of rotatable bonds is 4. The largest absolute Gasteiger partial charge is 0.416 e. The third-order valence-electron chi connectivity index (χ3n) is 3.55. The summed E-state index contributed by atoms with van der Waals surface area (Å²) in [5.74, 6) is 0. The van der Waals surface area contributed by atoms with Crippen LogP contribution < -0.4 is 10.6 Å². The van der Waals surface area contributed by atoms with E-state index in [-0.39, 0.29) is 5.69 Å². The Labute approximate surface area is 158 Å². The average molecular weight is 388 g/mol. The van der Waals surface area contributed by atoms with Crippen LogP contribution in [0.1, 0.15) is 5.56 Å². The van der Waals surface area contributed by atoms with Crippen LogP contribution in [0.15, 0.2) is 88.7 Å². The number of nitrogens with one attached hydrogen (secondary N) is 2. The Kier molecular flexibility index (Phi) is 5.71. The average Bonchev–Trinajstić information content (AvgIpc) is 2.64. The molecule has 0 aliphatic carbocycles. The molecule has 0 fully saturated rings. The van der Waals surface area contributed by atoms with Crippen molar-refractivity contribution in [2.24, 2.45) is 0 Å². The number of carbonyl (C=O) groups excluding carboxylic acids is 1. The predicted molar refractivity (Wildman–Crippen MR) is 101 cm³/mol. The minimum Gasteiger partial charge on any atom is -0.308 e. The Morgan fingerprint density at radius 3 is 2.26 bits per heavy atom. The molecule has 0 saturated carbocycles. The van der Waals surface area contributed by atoms with Crippen molar-refractivity contribution in [3.8, 4) is 0 Å². The van der Waals surface area contributed by atoms with Gasteiger partial charge in [0.05, 0.1) is 11.3 Å². The summed E-state index contributed by atoms with van der Waals surface area (Å²) in [5, 5.41) is 5.12. The Balaban J connectivity index is 1.72. The van der Waals surface area contributed by atoms with Crippen molar-refractivity contribution in [3.05, 3.63) is 84.4 Å².